The third-order valence-electron chi connectivity index (χ3n) is 3.25. The van der Waals surface area contributed by atoms with Crippen molar-refractivity contribution in [3.63, 3.8) is 0 Å². The van der Waals surface area contributed by atoms with Crippen molar-refractivity contribution in [3.05, 3.63) is 23.8 Å². The molecule has 5 heteroatoms. The molecule has 0 amide bonds. The first-order valence-corrected chi connectivity index (χ1v) is 7.46. The van der Waals surface area contributed by atoms with Gasteiger partial charge in [0.05, 0.1) is 19.2 Å². The molecule has 5 nitrogen and oxygen atoms in total. The van der Waals surface area contributed by atoms with E-state index in [0.717, 1.165) is 43.1 Å². The quantitative estimate of drug-likeness (QED) is 0.694. The van der Waals surface area contributed by atoms with E-state index in [1.807, 2.05) is 12.1 Å². The maximum absolute atomic E-state index is 10.8. The molecule has 0 heterocycles. The summed E-state index contributed by atoms with van der Waals surface area (Å²) in [6.07, 6.45) is 1.09. The zero-order valence-corrected chi connectivity index (χ0v) is 13.2. The standard InChI is InChI=1S/C16H26N2O3/c1-4-9-18(10-8-16(19)20)14-7-6-13(12-17-5-2)11-15(14)21-3/h6-7,11,17H,4-5,8-10,12H2,1-3H3,(H,19,20). The Labute approximate surface area is 126 Å². The van der Waals surface area contributed by atoms with Crippen LogP contribution in [0.15, 0.2) is 18.2 Å². The second-order valence-corrected chi connectivity index (χ2v) is 4.92. The van der Waals surface area contributed by atoms with Gasteiger partial charge in [0, 0.05) is 19.6 Å². The topological polar surface area (TPSA) is 61.8 Å². The highest BCUT2D eigenvalue weighted by molar-refractivity contribution is 5.68. The third kappa shape index (κ3) is 5.63. The minimum absolute atomic E-state index is 0.127. The van der Waals surface area contributed by atoms with E-state index in [-0.39, 0.29) is 6.42 Å². The average Bonchev–Trinajstić information content (AvgIpc) is 2.49. The fourth-order valence-corrected chi connectivity index (χ4v) is 2.22. The molecule has 1 aromatic carbocycles. The minimum Gasteiger partial charge on any atom is -0.495 e. The smallest absolute Gasteiger partial charge is 0.305 e. The first-order valence-electron chi connectivity index (χ1n) is 7.46. The van der Waals surface area contributed by atoms with Gasteiger partial charge in [-0.15, -0.1) is 0 Å². The van der Waals surface area contributed by atoms with Gasteiger partial charge in [0.15, 0.2) is 0 Å². The molecule has 0 unspecified atom stereocenters. The fourth-order valence-electron chi connectivity index (χ4n) is 2.22. The molecular formula is C16H26N2O3. The average molecular weight is 294 g/mol. The van der Waals surface area contributed by atoms with Gasteiger partial charge in [-0.1, -0.05) is 19.9 Å². The lowest BCUT2D eigenvalue weighted by atomic mass is 10.1. The van der Waals surface area contributed by atoms with Crippen molar-refractivity contribution in [2.45, 2.75) is 33.2 Å². The van der Waals surface area contributed by atoms with Crippen LogP contribution in [0.25, 0.3) is 0 Å². The van der Waals surface area contributed by atoms with Crippen molar-refractivity contribution in [2.75, 3.05) is 31.6 Å². The van der Waals surface area contributed by atoms with Gasteiger partial charge in [-0.2, -0.15) is 0 Å². The Morgan fingerprint density at radius 2 is 2.10 bits per heavy atom. The normalized spacial score (nSPS) is 10.4. The summed E-state index contributed by atoms with van der Waals surface area (Å²) in [5.74, 6) is 0.0167. The van der Waals surface area contributed by atoms with E-state index in [1.165, 1.54) is 0 Å². The fraction of sp³-hybridized carbons (Fsp3) is 0.562. The highest BCUT2D eigenvalue weighted by atomic mass is 16.5. The van der Waals surface area contributed by atoms with E-state index in [1.54, 1.807) is 7.11 Å². The predicted molar refractivity (Wildman–Crippen MR) is 85.1 cm³/mol. The number of methoxy groups -OCH3 is 1. The number of carboxylic acids is 1. The van der Waals surface area contributed by atoms with Crippen LogP contribution in [0.1, 0.15) is 32.3 Å². The maximum atomic E-state index is 10.8. The highest BCUT2D eigenvalue weighted by Gasteiger charge is 2.13. The van der Waals surface area contributed by atoms with Crippen molar-refractivity contribution in [3.8, 4) is 5.75 Å². The number of carbonyl (C=O) groups is 1. The number of rotatable bonds is 10. The third-order valence-corrected chi connectivity index (χ3v) is 3.25. The molecule has 118 valence electrons. The van der Waals surface area contributed by atoms with Crippen LogP contribution in [0, 0.1) is 0 Å². The Morgan fingerprint density at radius 1 is 1.33 bits per heavy atom. The van der Waals surface area contributed by atoms with E-state index >= 15 is 0 Å². The van der Waals surface area contributed by atoms with Gasteiger partial charge < -0.3 is 20.1 Å². The molecule has 0 radical (unpaired) electrons. The summed E-state index contributed by atoms with van der Waals surface area (Å²) in [5, 5.41) is 12.2. The van der Waals surface area contributed by atoms with Crippen LogP contribution in [-0.2, 0) is 11.3 Å². The van der Waals surface area contributed by atoms with Crippen molar-refractivity contribution in [1.29, 1.82) is 0 Å². The van der Waals surface area contributed by atoms with E-state index in [4.69, 9.17) is 9.84 Å². The van der Waals surface area contributed by atoms with Crippen LogP contribution >= 0.6 is 0 Å². The van der Waals surface area contributed by atoms with E-state index in [0.29, 0.717) is 6.54 Å². The van der Waals surface area contributed by atoms with Crippen molar-refractivity contribution >= 4 is 11.7 Å². The number of anilines is 1. The number of carboxylic acid groups (broad SMARTS) is 1. The number of hydrogen-bond donors (Lipinski definition) is 2. The summed E-state index contributed by atoms with van der Waals surface area (Å²) >= 11 is 0. The molecule has 0 atom stereocenters. The van der Waals surface area contributed by atoms with Gasteiger partial charge in [0.1, 0.15) is 5.75 Å². The molecular weight excluding hydrogens is 268 g/mol. The highest BCUT2D eigenvalue weighted by Crippen LogP contribution is 2.29. The number of nitrogens with one attached hydrogen (secondary N) is 1. The molecule has 1 aromatic rings. The molecule has 0 aliphatic carbocycles. The predicted octanol–water partition coefficient (Wildman–Crippen LogP) is 2.50. The van der Waals surface area contributed by atoms with Crippen molar-refractivity contribution < 1.29 is 14.6 Å². The van der Waals surface area contributed by atoms with E-state index in [2.05, 4.69) is 30.1 Å². The molecule has 0 aliphatic heterocycles. The Balaban J connectivity index is 2.92. The van der Waals surface area contributed by atoms with Gasteiger partial charge in [0.25, 0.3) is 0 Å². The molecule has 0 spiro atoms. The second-order valence-electron chi connectivity index (χ2n) is 4.92. The lowest BCUT2D eigenvalue weighted by molar-refractivity contribution is -0.136. The number of ether oxygens (including phenoxy) is 1. The Hall–Kier alpha value is -1.75. The Morgan fingerprint density at radius 3 is 2.67 bits per heavy atom. The molecule has 0 aromatic heterocycles. The van der Waals surface area contributed by atoms with Gasteiger partial charge in [-0.25, -0.2) is 0 Å². The van der Waals surface area contributed by atoms with Crippen molar-refractivity contribution in [1.82, 2.24) is 5.32 Å². The summed E-state index contributed by atoms with van der Waals surface area (Å²) in [7, 11) is 1.65. The van der Waals surface area contributed by atoms with Crippen LogP contribution in [0.2, 0.25) is 0 Å². The first kappa shape index (κ1) is 17.3. The van der Waals surface area contributed by atoms with Crippen molar-refractivity contribution in [2.24, 2.45) is 0 Å². The van der Waals surface area contributed by atoms with E-state index in [9.17, 15) is 4.79 Å². The number of nitrogens with zero attached hydrogens (tertiary/aromatic N) is 1. The zero-order chi connectivity index (χ0) is 15.7. The number of aliphatic carboxylic acids is 1. The number of hydrogen-bond acceptors (Lipinski definition) is 4. The minimum atomic E-state index is -0.779. The van der Waals surface area contributed by atoms with Gasteiger partial charge >= 0.3 is 5.97 Å². The lowest BCUT2D eigenvalue weighted by Gasteiger charge is -2.26. The summed E-state index contributed by atoms with van der Waals surface area (Å²) in [6, 6.07) is 6.09. The van der Waals surface area contributed by atoms with E-state index < -0.39 is 5.97 Å². The first-order chi connectivity index (χ1) is 10.1. The number of benzene rings is 1. The summed E-state index contributed by atoms with van der Waals surface area (Å²) in [6.45, 7) is 7.18. The SMILES string of the molecule is CCCN(CCC(=O)O)c1ccc(CNCC)cc1OC. The lowest BCUT2D eigenvalue weighted by Crippen LogP contribution is -2.27. The molecule has 0 aliphatic rings. The Bertz CT molecular complexity index is 449. The summed E-state index contributed by atoms with van der Waals surface area (Å²) in [5.41, 5.74) is 2.12. The van der Waals surface area contributed by atoms with Crippen LogP contribution in [-0.4, -0.2) is 37.8 Å². The molecule has 0 fully saturated rings. The van der Waals surface area contributed by atoms with Crippen LogP contribution in [0.5, 0.6) is 5.75 Å². The van der Waals surface area contributed by atoms with Crippen LogP contribution in [0.3, 0.4) is 0 Å². The maximum Gasteiger partial charge on any atom is 0.305 e. The monoisotopic (exact) mass is 294 g/mol. The molecule has 21 heavy (non-hydrogen) atoms. The van der Waals surface area contributed by atoms with Gasteiger partial charge in [-0.3, -0.25) is 4.79 Å². The molecule has 2 N–H and O–H groups in total. The second kappa shape index (κ2) is 9.23. The summed E-state index contributed by atoms with van der Waals surface area (Å²) < 4.78 is 5.48. The zero-order valence-electron chi connectivity index (χ0n) is 13.2. The molecule has 1 rings (SSSR count). The van der Waals surface area contributed by atoms with Crippen LogP contribution < -0.4 is 15.0 Å². The molecule has 0 saturated heterocycles. The molecule has 0 saturated carbocycles. The largest absolute Gasteiger partial charge is 0.495 e. The Kier molecular flexibility index (Phi) is 7.61. The summed E-state index contributed by atoms with van der Waals surface area (Å²) in [4.78, 5) is 12.9. The van der Waals surface area contributed by atoms with Gasteiger partial charge in [0.2, 0.25) is 0 Å². The van der Waals surface area contributed by atoms with Gasteiger partial charge in [-0.05, 0) is 30.7 Å². The van der Waals surface area contributed by atoms with Crippen LogP contribution in [0.4, 0.5) is 5.69 Å². The molecule has 0 bridgehead atoms.